The molecular formula is C21H25N3O4S. The molecule has 2 amide bonds. The number of hydrogen-bond donors (Lipinski definition) is 2. The molecule has 29 heavy (non-hydrogen) atoms. The van der Waals surface area contributed by atoms with Crippen LogP contribution in [0.5, 0.6) is 0 Å². The number of carbonyl (C=O) groups excluding carboxylic acids is 2. The predicted molar refractivity (Wildman–Crippen MR) is 113 cm³/mol. The summed E-state index contributed by atoms with van der Waals surface area (Å²) < 4.78 is 26.9. The first-order valence-corrected chi connectivity index (χ1v) is 11.3. The first-order valence-electron chi connectivity index (χ1n) is 9.62. The molecule has 0 aliphatic carbocycles. The number of rotatable bonds is 7. The first kappa shape index (κ1) is 20.9. The average molecular weight is 416 g/mol. The number of hydrogen-bond acceptors (Lipinski definition) is 4. The Labute approximate surface area is 171 Å². The van der Waals surface area contributed by atoms with Gasteiger partial charge in [0.2, 0.25) is 21.8 Å². The Balaban J connectivity index is 1.51. The summed E-state index contributed by atoms with van der Waals surface area (Å²) in [6, 6.07) is 17.8. The summed E-state index contributed by atoms with van der Waals surface area (Å²) in [5, 5.41) is 2.87. The maximum Gasteiger partial charge on any atom is 0.233 e. The van der Waals surface area contributed by atoms with Gasteiger partial charge < -0.3 is 10.2 Å². The fourth-order valence-corrected chi connectivity index (χ4v) is 4.34. The van der Waals surface area contributed by atoms with Gasteiger partial charge in [-0.15, -0.1) is 0 Å². The van der Waals surface area contributed by atoms with Crippen LogP contribution in [-0.2, 0) is 19.6 Å². The topological polar surface area (TPSA) is 95.6 Å². The standard InChI is InChI=1S/C21H25N3O4S/c25-20(13-15-29(27,28)23-19-11-5-2-6-12-19)24-14-7-8-17(16-24)21(26)22-18-9-3-1-4-10-18/h1-6,9-12,17,23H,7-8,13-16H2,(H,22,26)/t17-/m1/s1. The van der Waals surface area contributed by atoms with E-state index in [0.29, 0.717) is 31.6 Å². The van der Waals surface area contributed by atoms with E-state index in [4.69, 9.17) is 0 Å². The SMILES string of the molecule is O=C(Nc1ccccc1)[C@@H]1CCCN(C(=O)CCS(=O)(=O)Nc2ccccc2)C1. The maximum absolute atomic E-state index is 12.5. The molecule has 0 radical (unpaired) electrons. The predicted octanol–water partition coefficient (Wildman–Crippen LogP) is 2.70. The van der Waals surface area contributed by atoms with Gasteiger partial charge in [0.15, 0.2) is 0 Å². The van der Waals surface area contributed by atoms with Gasteiger partial charge in [0.1, 0.15) is 0 Å². The molecule has 154 valence electrons. The first-order chi connectivity index (χ1) is 13.9. The van der Waals surface area contributed by atoms with Crippen molar-refractivity contribution in [3.63, 3.8) is 0 Å². The second-order valence-electron chi connectivity index (χ2n) is 7.07. The van der Waals surface area contributed by atoms with E-state index in [1.54, 1.807) is 35.2 Å². The minimum atomic E-state index is -3.62. The minimum absolute atomic E-state index is 0.116. The van der Waals surface area contributed by atoms with Gasteiger partial charge in [-0.2, -0.15) is 0 Å². The number of anilines is 2. The van der Waals surface area contributed by atoms with Crippen molar-refractivity contribution in [3.8, 4) is 0 Å². The molecule has 3 rings (SSSR count). The molecule has 8 heteroatoms. The zero-order valence-electron chi connectivity index (χ0n) is 16.1. The van der Waals surface area contributed by atoms with Crippen LogP contribution in [0.25, 0.3) is 0 Å². The molecule has 2 aromatic carbocycles. The molecule has 1 aliphatic heterocycles. The Bertz CT molecular complexity index is 933. The Morgan fingerprint density at radius 1 is 0.966 bits per heavy atom. The van der Waals surface area contributed by atoms with E-state index in [1.165, 1.54) is 0 Å². The third-order valence-corrected chi connectivity index (χ3v) is 6.11. The van der Waals surface area contributed by atoms with E-state index < -0.39 is 10.0 Å². The van der Waals surface area contributed by atoms with E-state index >= 15 is 0 Å². The summed E-state index contributed by atoms with van der Waals surface area (Å²) in [4.78, 5) is 26.6. The summed E-state index contributed by atoms with van der Waals surface area (Å²) in [6.45, 7) is 0.851. The largest absolute Gasteiger partial charge is 0.342 e. The normalized spacial score (nSPS) is 16.8. The van der Waals surface area contributed by atoms with Crippen LogP contribution < -0.4 is 10.0 Å². The summed E-state index contributed by atoms with van der Waals surface area (Å²) in [5.41, 5.74) is 1.19. The molecule has 0 aromatic heterocycles. The second kappa shape index (κ2) is 9.56. The summed E-state index contributed by atoms with van der Waals surface area (Å²) >= 11 is 0. The van der Waals surface area contributed by atoms with E-state index in [9.17, 15) is 18.0 Å². The Morgan fingerprint density at radius 3 is 2.24 bits per heavy atom. The Hall–Kier alpha value is -2.87. The lowest BCUT2D eigenvalue weighted by Crippen LogP contribution is -2.44. The number of amides is 2. The lowest BCUT2D eigenvalue weighted by atomic mass is 9.96. The lowest BCUT2D eigenvalue weighted by Gasteiger charge is -2.32. The molecule has 1 fully saturated rings. The van der Waals surface area contributed by atoms with Crippen molar-refractivity contribution in [2.45, 2.75) is 19.3 Å². The Morgan fingerprint density at radius 2 is 1.59 bits per heavy atom. The molecule has 1 heterocycles. The molecule has 7 nitrogen and oxygen atoms in total. The van der Waals surface area contributed by atoms with Gasteiger partial charge in [-0.05, 0) is 37.1 Å². The van der Waals surface area contributed by atoms with Gasteiger partial charge in [0, 0.05) is 30.9 Å². The van der Waals surface area contributed by atoms with Crippen LogP contribution in [0.15, 0.2) is 60.7 Å². The van der Waals surface area contributed by atoms with Crippen LogP contribution in [0, 0.1) is 5.92 Å². The monoisotopic (exact) mass is 415 g/mol. The van der Waals surface area contributed by atoms with Crippen molar-refractivity contribution in [1.29, 1.82) is 0 Å². The highest BCUT2D eigenvalue weighted by molar-refractivity contribution is 7.92. The fourth-order valence-electron chi connectivity index (χ4n) is 3.30. The van der Waals surface area contributed by atoms with E-state index in [-0.39, 0.29) is 29.9 Å². The van der Waals surface area contributed by atoms with Gasteiger partial charge >= 0.3 is 0 Å². The highest BCUT2D eigenvalue weighted by Crippen LogP contribution is 2.20. The van der Waals surface area contributed by atoms with Gasteiger partial charge in [0.25, 0.3) is 0 Å². The highest BCUT2D eigenvalue weighted by atomic mass is 32.2. The van der Waals surface area contributed by atoms with E-state index in [0.717, 1.165) is 5.69 Å². The number of carbonyl (C=O) groups is 2. The molecule has 2 aromatic rings. The molecule has 2 N–H and O–H groups in total. The zero-order chi connectivity index (χ0) is 20.7. The summed E-state index contributed by atoms with van der Waals surface area (Å²) in [6.07, 6.45) is 1.30. The van der Waals surface area contributed by atoms with Crippen LogP contribution in [0.4, 0.5) is 11.4 Å². The van der Waals surface area contributed by atoms with E-state index in [2.05, 4.69) is 10.0 Å². The van der Waals surface area contributed by atoms with Crippen molar-refractivity contribution in [1.82, 2.24) is 4.90 Å². The minimum Gasteiger partial charge on any atom is -0.342 e. The van der Waals surface area contributed by atoms with Crippen LogP contribution in [0.1, 0.15) is 19.3 Å². The third kappa shape index (κ3) is 6.32. The van der Waals surface area contributed by atoms with Crippen LogP contribution in [0.2, 0.25) is 0 Å². The molecule has 0 saturated carbocycles. The van der Waals surface area contributed by atoms with Crippen molar-refractivity contribution < 1.29 is 18.0 Å². The number of likely N-dealkylation sites (tertiary alicyclic amines) is 1. The number of para-hydroxylation sites is 2. The van der Waals surface area contributed by atoms with Gasteiger partial charge in [-0.1, -0.05) is 36.4 Å². The van der Waals surface area contributed by atoms with Gasteiger partial charge in [0.05, 0.1) is 11.7 Å². The van der Waals surface area contributed by atoms with Crippen molar-refractivity contribution >= 4 is 33.2 Å². The quantitative estimate of drug-likeness (QED) is 0.727. The number of nitrogens with zero attached hydrogens (tertiary/aromatic N) is 1. The summed E-state index contributed by atoms with van der Waals surface area (Å²) in [5.74, 6) is -0.961. The molecular weight excluding hydrogens is 390 g/mol. The zero-order valence-corrected chi connectivity index (χ0v) is 16.9. The van der Waals surface area contributed by atoms with Crippen LogP contribution in [-0.4, -0.2) is 44.0 Å². The van der Waals surface area contributed by atoms with Gasteiger partial charge in [-0.3, -0.25) is 14.3 Å². The van der Waals surface area contributed by atoms with Gasteiger partial charge in [-0.25, -0.2) is 8.42 Å². The smallest absolute Gasteiger partial charge is 0.233 e. The van der Waals surface area contributed by atoms with E-state index in [1.807, 2.05) is 30.3 Å². The van der Waals surface area contributed by atoms with Crippen molar-refractivity contribution in [2.24, 2.45) is 5.92 Å². The molecule has 0 unspecified atom stereocenters. The third-order valence-electron chi connectivity index (χ3n) is 4.82. The molecule has 1 atom stereocenters. The molecule has 1 saturated heterocycles. The number of nitrogens with one attached hydrogen (secondary N) is 2. The summed E-state index contributed by atoms with van der Waals surface area (Å²) in [7, 11) is -3.62. The lowest BCUT2D eigenvalue weighted by molar-refractivity contribution is -0.134. The van der Waals surface area contributed by atoms with Crippen LogP contribution in [0.3, 0.4) is 0 Å². The maximum atomic E-state index is 12.5. The van der Waals surface area contributed by atoms with Crippen molar-refractivity contribution in [3.05, 3.63) is 60.7 Å². The highest BCUT2D eigenvalue weighted by Gasteiger charge is 2.29. The molecule has 1 aliphatic rings. The molecule has 0 spiro atoms. The number of sulfonamides is 1. The number of benzene rings is 2. The average Bonchev–Trinajstić information content (AvgIpc) is 2.73. The van der Waals surface area contributed by atoms with Crippen molar-refractivity contribution in [2.75, 3.05) is 28.9 Å². The second-order valence-corrected chi connectivity index (χ2v) is 8.91. The Kier molecular flexibility index (Phi) is 6.87. The fraction of sp³-hybridized carbons (Fsp3) is 0.333. The molecule has 0 bridgehead atoms. The van der Waals surface area contributed by atoms with Crippen LogP contribution >= 0.6 is 0 Å². The number of piperidine rings is 1.